The Labute approximate surface area is 168 Å². The van der Waals surface area contributed by atoms with Gasteiger partial charge in [-0.15, -0.1) is 0 Å². The lowest BCUT2D eigenvalue weighted by atomic mass is 9.97. The topological polar surface area (TPSA) is 80.2 Å². The lowest BCUT2D eigenvalue weighted by molar-refractivity contribution is -0.129. The van der Waals surface area contributed by atoms with Crippen LogP contribution in [0.2, 0.25) is 0 Å². The number of nitrogens with one attached hydrogen (secondary N) is 1. The summed E-state index contributed by atoms with van der Waals surface area (Å²) in [5, 5.41) is 6.61. The number of nitrogens with zero attached hydrogens (tertiary/aromatic N) is 3. The number of aromatic nitrogens is 3. The van der Waals surface area contributed by atoms with Crippen LogP contribution in [0.5, 0.6) is 0 Å². The van der Waals surface area contributed by atoms with Crippen molar-refractivity contribution in [2.75, 3.05) is 19.8 Å². The van der Waals surface area contributed by atoms with Crippen LogP contribution in [0.4, 0.5) is 0 Å². The third kappa shape index (κ3) is 3.06. The molecule has 0 saturated carbocycles. The number of carbonyl (C=O) groups excluding carboxylic acids is 1. The smallest absolute Gasteiger partial charge is 0.255 e. The van der Waals surface area contributed by atoms with Gasteiger partial charge in [0.25, 0.3) is 5.56 Å². The SMILES string of the molecule is CC(=O)N1CCc2c(c(-c3cccc4c(=O)[nH]ccc34)nn2C2CCOCC2)C1. The zero-order chi connectivity index (χ0) is 20.0. The molecule has 0 atom stereocenters. The van der Waals surface area contributed by atoms with Gasteiger partial charge >= 0.3 is 0 Å². The van der Waals surface area contributed by atoms with Crippen LogP contribution in [-0.2, 0) is 22.5 Å². The van der Waals surface area contributed by atoms with E-state index in [1.54, 1.807) is 13.1 Å². The van der Waals surface area contributed by atoms with Crippen molar-refractivity contribution in [3.8, 4) is 11.3 Å². The molecule has 3 aromatic rings. The van der Waals surface area contributed by atoms with E-state index in [9.17, 15) is 9.59 Å². The number of hydrogen-bond donors (Lipinski definition) is 1. The molecule has 1 aromatic carbocycles. The highest BCUT2D eigenvalue weighted by Gasteiger charge is 2.30. The predicted molar refractivity (Wildman–Crippen MR) is 110 cm³/mol. The van der Waals surface area contributed by atoms with Gasteiger partial charge in [0.05, 0.1) is 11.7 Å². The minimum absolute atomic E-state index is 0.0785. The van der Waals surface area contributed by atoms with Crippen molar-refractivity contribution >= 4 is 16.7 Å². The lowest BCUT2D eigenvalue weighted by Crippen LogP contribution is -2.35. The Morgan fingerprint density at radius 2 is 2.03 bits per heavy atom. The Kier molecular flexibility index (Phi) is 4.47. The van der Waals surface area contributed by atoms with Crippen molar-refractivity contribution in [3.63, 3.8) is 0 Å². The molecule has 2 aliphatic heterocycles. The zero-order valence-corrected chi connectivity index (χ0v) is 16.5. The number of rotatable bonds is 2. The molecule has 4 heterocycles. The molecule has 7 heteroatoms. The Morgan fingerprint density at radius 3 is 2.83 bits per heavy atom. The Morgan fingerprint density at radius 1 is 1.21 bits per heavy atom. The van der Waals surface area contributed by atoms with Crippen LogP contribution >= 0.6 is 0 Å². The Balaban J connectivity index is 1.71. The number of aromatic amines is 1. The van der Waals surface area contributed by atoms with Gasteiger partial charge in [-0.2, -0.15) is 5.10 Å². The van der Waals surface area contributed by atoms with E-state index in [1.165, 1.54) is 5.69 Å². The number of pyridine rings is 1. The number of hydrogen-bond acceptors (Lipinski definition) is 4. The highest BCUT2D eigenvalue weighted by molar-refractivity contribution is 5.96. The maximum absolute atomic E-state index is 12.3. The zero-order valence-electron chi connectivity index (χ0n) is 16.5. The normalized spacial score (nSPS) is 17.5. The van der Waals surface area contributed by atoms with Gasteiger partial charge in [-0.05, 0) is 30.4 Å². The van der Waals surface area contributed by atoms with Crippen LogP contribution in [-0.4, -0.2) is 45.3 Å². The maximum Gasteiger partial charge on any atom is 0.255 e. The molecule has 0 aliphatic carbocycles. The van der Waals surface area contributed by atoms with E-state index in [2.05, 4.69) is 9.67 Å². The van der Waals surface area contributed by atoms with E-state index in [4.69, 9.17) is 9.84 Å². The molecule has 1 amide bonds. The Bertz CT molecular complexity index is 1140. The summed E-state index contributed by atoms with van der Waals surface area (Å²) in [5.41, 5.74) is 4.04. The summed E-state index contributed by atoms with van der Waals surface area (Å²) in [6, 6.07) is 8.00. The van der Waals surface area contributed by atoms with Crippen LogP contribution in [0.25, 0.3) is 22.0 Å². The van der Waals surface area contributed by atoms with E-state index < -0.39 is 0 Å². The summed E-state index contributed by atoms with van der Waals surface area (Å²) >= 11 is 0. The minimum atomic E-state index is -0.104. The summed E-state index contributed by atoms with van der Waals surface area (Å²) in [4.78, 5) is 29.0. The molecule has 2 aromatic heterocycles. The van der Waals surface area contributed by atoms with E-state index >= 15 is 0 Å². The molecular weight excluding hydrogens is 368 g/mol. The van der Waals surface area contributed by atoms with Gasteiger partial charge in [0.2, 0.25) is 5.91 Å². The fourth-order valence-corrected chi connectivity index (χ4v) is 4.59. The number of ether oxygens (including phenoxy) is 1. The number of amides is 1. The van der Waals surface area contributed by atoms with Crippen molar-refractivity contribution in [2.45, 2.75) is 38.8 Å². The second-order valence-electron chi connectivity index (χ2n) is 7.83. The van der Waals surface area contributed by atoms with Crippen molar-refractivity contribution in [1.82, 2.24) is 19.7 Å². The molecule has 150 valence electrons. The molecule has 5 rings (SSSR count). The van der Waals surface area contributed by atoms with E-state index in [0.29, 0.717) is 24.5 Å². The molecule has 0 unspecified atom stereocenters. The molecular formula is C22H24N4O3. The Hall–Kier alpha value is -2.93. The fraction of sp³-hybridized carbons (Fsp3) is 0.409. The van der Waals surface area contributed by atoms with Crippen molar-refractivity contribution in [3.05, 3.63) is 52.1 Å². The number of carbonyl (C=O) groups is 1. The maximum atomic E-state index is 12.3. The van der Waals surface area contributed by atoms with Crippen LogP contribution < -0.4 is 5.56 Å². The first kappa shape index (κ1) is 18.1. The van der Waals surface area contributed by atoms with Gasteiger partial charge in [0.15, 0.2) is 0 Å². The summed E-state index contributed by atoms with van der Waals surface area (Å²) in [5.74, 6) is 0.0785. The second kappa shape index (κ2) is 7.15. The molecule has 1 fully saturated rings. The van der Waals surface area contributed by atoms with Gasteiger partial charge in [0, 0.05) is 68.1 Å². The third-order valence-corrected chi connectivity index (χ3v) is 6.14. The molecule has 1 saturated heterocycles. The largest absolute Gasteiger partial charge is 0.381 e. The van der Waals surface area contributed by atoms with E-state index in [-0.39, 0.29) is 11.5 Å². The van der Waals surface area contributed by atoms with Crippen molar-refractivity contribution in [1.29, 1.82) is 0 Å². The summed E-state index contributed by atoms with van der Waals surface area (Å²) in [7, 11) is 0. The van der Waals surface area contributed by atoms with Crippen molar-refractivity contribution in [2.24, 2.45) is 0 Å². The quantitative estimate of drug-likeness (QED) is 0.727. The van der Waals surface area contributed by atoms with E-state index in [0.717, 1.165) is 54.7 Å². The molecule has 0 radical (unpaired) electrons. The lowest BCUT2D eigenvalue weighted by Gasteiger charge is -2.29. The van der Waals surface area contributed by atoms with Crippen LogP contribution in [0.15, 0.2) is 35.3 Å². The highest BCUT2D eigenvalue weighted by atomic mass is 16.5. The molecule has 0 spiro atoms. The number of benzene rings is 1. The molecule has 2 aliphatic rings. The van der Waals surface area contributed by atoms with Gasteiger partial charge in [-0.3, -0.25) is 14.3 Å². The first-order chi connectivity index (χ1) is 14.1. The monoisotopic (exact) mass is 392 g/mol. The summed E-state index contributed by atoms with van der Waals surface area (Å²) in [6.45, 7) is 4.38. The average Bonchev–Trinajstić information content (AvgIpc) is 3.13. The van der Waals surface area contributed by atoms with Crippen LogP contribution in [0, 0.1) is 0 Å². The van der Waals surface area contributed by atoms with Gasteiger partial charge in [-0.25, -0.2) is 0 Å². The third-order valence-electron chi connectivity index (χ3n) is 6.14. The number of fused-ring (bicyclic) bond motifs is 2. The summed E-state index contributed by atoms with van der Waals surface area (Å²) in [6.07, 6.45) is 4.36. The highest BCUT2D eigenvalue weighted by Crippen LogP contribution is 2.36. The molecule has 0 bridgehead atoms. The standard InChI is InChI=1S/C22H24N4O3/c1-14(27)25-10-6-20-19(13-25)21(24-26(20)15-7-11-29-12-8-15)17-3-2-4-18-16(17)5-9-23-22(18)28/h2-5,9,15H,6-8,10-13H2,1H3,(H,23,28). The van der Waals surface area contributed by atoms with Crippen LogP contribution in [0.3, 0.4) is 0 Å². The summed E-state index contributed by atoms with van der Waals surface area (Å²) < 4.78 is 7.72. The molecule has 7 nitrogen and oxygen atoms in total. The average molecular weight is 392 g/mol. The second-order valence-corrected chi connectivity index (χ2v) is 7.83. The van der Waals surface area contributed by atoms with Gasteiger partial charge < -0.3 is 14.6 Å². The number of H-pyrrole nitrogens is 1. The van der Waals surface area contributed by atoms with Gasteiger partial charge in [0.1, 0.15) is 0 Å². The van der Waals surface area contributed by atoms with Gasteiger partial charge in [-0.1, -0.05) is 12.1 Å². The van der Waals surface area contributed by atoms with Crippen LogP contribution in [0.1, 0.15) is 37.1 Å². The fourth-order valence-electron chi connectivity index (χ4n) is 4.59. The van der Waals surface area contributed by atoms with Crippen molar-refractivity contribution < 1.29 is 9.53 Å². The minimum Gasteiger partial charge on any atom is -0.381 e. The van der Waals surface area contributed by atoms with E-state index in [1.807, 2.05) is 29.2 Å². The molecule has 1 N–H and O–H groups in total. The molecule has 29 heavy (non-hydrogen) atoms. The first-order valence-corrected chi connectivity index (χ1v) is 10.2. The first-order valence-electron chi connectivity index (χ1n) is 10.2. The predicted octanol–water partition coefficient (Wildman–Crippen LogP) is 2.65.